The summed E-state index contributed by atoms with van der Waals surface area (Å²) in [5.74, 6) is 0.520. The molecule has 0 atom stereocenters. The van der Waals surface area contributed by atoms with Gasteiger partial charge in [-0.25, -0.2) is 4.39 Å². The van der Waals surface area contributed by atoms with Crippen LogP contribution in [0.1, 0.15) is 31.2 Å². The summed E-state index contributed by atoms with van der Waals surface area (Å²) in [6, 6.07) is 31.5. The van der Waals surface area contributed by atoms with E-state index in [0.29, 0.717) is 5.58 Å². The van der Waals surface area contributed by atoms with Crippen molar-refractivity contribution < 1.29 is 28.9 Å². The van der Waals surface area contributed by atoms with Crippen LogP contribution < -0.4 is 5.19 Å². The normalized spacial score (nSPS) is 13.5. The number of aromatic nitrogens is 2. The molecule has 0 amide bonds. The molecule has 1 aliphatic carbocycles. The van der Waals surface area contributed by atoms with Crippen molar-refractivity contribution in [3.63, 3.8) is 0 Å². The predicted molar refractivity (Wildman–Crippen MR) is 173 cm³/mol. The Balaban J connectivity index is 0.000000188. The second-order valence-electron chi connectivity index (χ2n) is 12.2. The van der Waals surface area contributed by atoms with Gasteiger partial charge in [0.05, 0.1) is 13.7 Å². The third-order valence-electron chi connectivity index (χ3n) is 8.08. The Hall–Kier alpha value is -3.44. The van der Waals surface area contributed by atoms with Gasteiger partial charge in [0.25, 0.3) is 0 Å². The first-order chi connectivity index (χ1) is 20.3. The van der Waals surface area contributed by atoms with Gasteiger partial charge in [0.15, 0.2) is 0 Å². The molecule has 0 aliphatic heterocycles. The van der Waals surface area contributed by atoms with E-state index in [0.717, 1.165) is 51.2 Å². The molecule has 0 saturated heterocycles. The van der Waals surface area contributed by atoms with Gasteiger partial charge >= 0.3 is 0 Å². The first-order valence-corrected chi connectivity index (χ1v) is 18.3. The van der Waals surface area contributed by atoms with Crippen LogP contribution in [0.4, 0.5) is 4.39 Å². The monoisotopic (exact) mass is 763 g/mol. The molecule has 1 saturated carbocycles. The molecule has 7 rings (SSSR count). The maximum atomic E-state index is 13.4. The van der Waals surface area contributed by atoms with Crippen LogP contribution in [0.2, 0.25) is 19.6 Å². The molecule has 3 aromatic heterocycles. The second kappa shape index (κ2) is 13.5. The van der Waals surface area contributed by atoms with Gasteiger partial charge in [0, 0.05) is 44.0 Å². The molecule has 0 spiro atoms. The maximum absolute atomic E-state index is 13.4. The summed E-state index contributed by atoms with van der Waals surface area (Å²) in [4.78, 5) is 9.07. The number of benzene rings is 3. The van der Waals surface area contributed by atoms with Gasteiger partial charge in [-0.1, -0.05) is 74.5 Å². The average molecular weight is 763 g/mol. The number of hydrogen-bond acceptors (Lipinski definition) is 3. The molecule has 0 bridgehead atoms. The van der Waals surface area contributed by atoms with Crippen molar-refractivity contribution in [1.29, 1.82) is 0 Å². The largest absolute Gasteiger partial charge is 0.500 e. The van der Waals surface area contributed by atoms with Crippen LogP contribution in [0.3, 0.4) is 0 Å². The number of fused-ring (bicyclic) bond motifs is 3. The summed E-state index contributed by atoms with van der Waals surface area (Å²) in [5.41, 5.74) is 6.56. The first-order valence-electron chi connectivity index (χ1n) is 14.8. The molecule has 1 radical (unpaired) electrons. The second-order valence-corrected chi connectivity index (χ2v) is 17.3. The molecule has 43 heavy (non-hydrogen) atoms. The number of furan rings is 1. The van der Waals surface area contributed by atoms with Crippen LogP contribution >= 0.6 is 0 Å². The topological polar surface area (TPSA) is 38.9 Å². The minimum absolute atomic E-state index is 0. The quantitative estimate of drug-likeness (QED) is 0.130. The summed E-state index contributed by atoms with van der Waals surface area (Å²) in [7, 11) is -1.23. The Kier molecular flexibility index (Phi) is 9.70. The van der Waals surface area contributed by atoms with Crippen LogP contribution in [0.15, 0.2) is 95.7 Å². The van der Waals surface area contributed by atoms with Crippen molar-refractivity contribution in [1.82, 2.24) is 9.97 Å². The zero-order valence-corrected chi connectivity index (χ0v) is 28.2. The van der Waals surface area contributed by atoms with E-state index in [1.165, 1.54) is 48.6 Å². The van der Waals surface area contributed by atoms with E-state index < -0.39 is 8.07 Å². The van der Waals surface area contributed by atoms with Crippen LogP contribution in [-0.4, -0.2) is 18.0 Å². The van der Waals surface area contributed by atoms with Crippen LogP contribution in [0, 0.1) is 23.9 Å². The SMILES string of the molecule is C[Si](C)(C)c1ccc(-c2[c-]cccc2)nc1.Fc1ccc2c(c1)oc1c[c-]c(-c3cc(CC4CCCC4)ccn3)cc12.[Ir]. The van der Waals surface area contributed by atoms with Crippen molar-refractivity contribution in [3.8, 4) is 22.5 Å². The Morgan fingerprint density at radius 1 is 0.837 bits per heavy atom. The molecule has 0 unspecified atom stereocenters. The Morgan fingerprint density at radius 2 is 1.67 bits per heavy atom. The number of rotatable bonds is 5. The van der Waals surface area contributed by atoms with Crippen molar-refractivity contribution in [2.24, 2.45) is 5.92 Å². The zero-order chi connectivity index (χ0) is 29.1. The molecule has 1 fully saturated rings. The van der Waals surface area contributed by atoms with Crippen molar-refractivity contribution in [2.75, 3.05) is 0 Å². The van der Waals surface area contributed by atoms with Crippen molar-refractivity contribution in [2.45, 2.75) is 51.7 Å². The van der Waals surface area contributed by atoms with Gasteiger partial charge in [0.2, 0.25) is 0 Å². The van der Waals surface area contributed by atoms with E-state index in [9.17, 15) is 4.39 Å². The molecule has 0 N–H and O–H groups in total. The van der Waals surface area contributed by atoms with Crippen LogP contribution in [0.5, 0.6) is 0 Å². The van der Waals surface area contributed by atoms with Crippen LogP contribution in [0.25, 0.3) is 44.5 Å². The van der Waals surface area contributed by atoms with Gasteiger partial charge in [-0.05, 0) is 47.1 Å². The summed E-state index contributed by atoms with van der Waals surface area (Å²) in [5, 5.41) is 3.28. The van der Waals surface area contributed by atoms with Gasteiger partial charge in [-0.2, -0.15) is 0 Å². The summed E-state index contributed by atoms with van der Waals surface area (Å²) < 4.78 is 19.2. The Labute approximate surface area is 268 Å². The first kappa shape index (κ1) is 31.0. The number of halogens is 1. The molecule has 3 nitrogen and oxygen atoms in total. The smallest absolute Gasteiger partial charge is 0.126 e. The summed E-state index contributed by atoms with van der Waals surface area (Å²) in [6.07, 6.45) is 10.4. The van der Waals surface area contributed by atoms with E-state index >= 15 is 0 Å². The minimum Gasteiger partial charge on any atom is -0.500 e. The van der Waals surface area contributed by atoms with E-state index in [1.54, 1.807) is 6.07 Å². The molecule has 3 aromatic carbocycles. The van der Waals surface area contributed by atoms with Crippen LogP contribution in [-0.2, 0) is 26.5 Å². The molecular weight excluding hydrogens is 728 g/mol. The molecule has 221 valence electrons. The summed E-state index contributed by atoms with van der Waals surface area (Å²) >= 11 is 0. The molecule has 3 heterocycles. The predicted octanol–water partition coefficient (Wildman–Crippen LogP) is 9.41. The molecule has 6 heteroatoms. The number of hydrogen-bond donors (Lipinski definition) is 0. The summed E-state index contributed by atoms with van der Waals surface area (Å²) in [6.45, 7) is 7.00. The molecular formula is C37H35FIrN2OSi-2. The fraction of sp³-hybridized carbons (Fsp3) is 0.243. The zero-order valence-electron chi connectivity index (χ0n) is 24.8. The molecule has 1 aliphatic rings. The van der Waals surface area contributed by atoms with E-state index in [4.69, 9.17) is 4.42 Å². The van der Waals surface area contributed by atoms with Gasteiger partial charge in [0.1, 0.15) is 11.4 Å². The van der Waals surface area contributed by atoms with Gasteiger partial charge < -0.3 is 14.4 Å². The van der Waals surface area contributed by atoms with Crippen molar-refractivity contribution >= 4 is 35.2 Å². The third kappa shape index (κ3) is 7.38. The Bertz CT molecular complexity index is 1810. The fourth-order valence-electron chi connectivity index (χ4n) is 5.69. The van der Waals surface area contributed by atoms with E-state index in [-0.39, 0.29) is 25.9 Å². The van der Waals surface area contributed by atoms with E-state index in [1.807, 2.05) is 48.8 Å². The Morgan fingerprint density at radius 3 is 2.40 bits per heavy atom. The number of nitrogens with zero attached hydrogens (tertiary/aromatic N) is 2. The molecule has 6 aromatic rings. The van der Waals surface area contributed by atoms with Crippen molar-refractivity contribution in [3.05, 3.63) is 115 Å². The van der Waals surface area contributed by atoms with E-state index in [2.05, 4.69) is 66.0 Å². The third-order valence-corrected chi connectivity index (χ3v) is 10.1. The standard InChI is InChI=1S/C23H19FNO.C14H16NSi.Ir/c24-18-6-7-19-20-13-17(5-8-22(20)26-23(19)14-18)21-12-16(9-10-25-21)11-15-3-1-2-4-15;1-16(2,3)13-9-10-14(15-11-13)12-7-5-4-6-8-12;/h6-10,12-15H,1-4,11H2;4-7,9-11H,1-3H3;/q2*-1;. The fourth-order valence-corrected chi connectivity index (χ4v) is 6.72. The van der Waals surface area contributed by atoms with Gasteiger partial charge in [-0.15, -0.1) is 59.7 Å². The average Bonchev–Trinajstić information content (AvgIpc) is 3.64. The minimum atomic E-state index is -1.23. The number of pyridine rings is 2. The maximum Gasteiger partial charge on any atom is 0.126 e. The van der Waals surface area contributed by atoms with Gasteiger partial charge in [-0.3, -0.25) is 0 Å².